The van der Waals surface area contributed by atoms with E-state index in [-0.39, 0.29) is 12.2 Å². The van der Waals surface area contributed by atoms with Gasteiger partial charge in [0, 0.05) is 12.1 Å². The molecule has 0 aliphatic carbocycles. The molecule has 3 nitrogen and oxygen atoms in total. The maximum absolute atomic E-state index is 11.8. The molecule has 90 valence electrons. The number of amides is 1. The molecule has 0 saturated heterocycles. The first-order valence-corrected chi connectivity index (χ1v) is 5.46. The zero-order chi connectivity index (χ0) is 11.9. The van der Waals surface area contributed by atoms with Crippen LogP contribution in [0.15, 0.2) is 0 Å². The van der Waals surface area contributed by atoms with Crippen LogP contribution in [0.1, 0.15) is 46.5 Å². The summed E-state index contributed by atoms with van der Waals surface area (Å²) in [6.45, 7) is 5.89. The van der Waals surface area contributed by atoms with Crippen molar-refractivity contribution in [2.45, 2.75) is 52.0 Å². The predicted octanol–water partition coefficient (Wildman–Crippen LogP) is 3.29. The third-order valence-corrected chi connectivity index (χ3v) is 2.31. The first-order chi connectivity index (χ1) is 6.89. The lowest BCUT2D eigenvalue weighted by atomic mass is 10.1. The van der Waals surface area contributed by atoms with Crippen LogP contribution < -0.4 is 0 Å². The van der Waals surface area contributed by atoms with Gasteiger partial charge in [0.25, 0.3) is 0 Å². The van der Waals surface area contributed by atoms with Gasteiger partial charge in [-0.25, -0.2) is 4.79 Å². The highest BCUT2D eigenvalue weighted by Crippen LogP contribution is 2.15. The smallest absolute Gasteiger partial charge is 0.407 e. The SMILES string of the molecule is CC(C)(C)N(CCCCCCF)C(=O)O. The van der Waals surface area contributed by atoms with Crippen LogP contribution >= 0.6 is 0 Å². The van der Waals surface area contributed by atoms with Crippen LogP contribution in [0, 0.1) is 0 Å². The van der Waals surface area contributed by atoms with Crippen molar-refractivity contribution in [2.24, 2.45) is 0 Å². The van der Waals surface area contributed by atoms with Crippen LogP contribution in [0.25, 0.3) is 0 Å². The Morgan fingerprint density at radius 2 is 1.73 bits per heavy atom. The second-order valence-electron chi connectivity index (χ2n) is 4.71. The van der Waals surface area contributed by atoms with Crippen LogP contribution in [0.5, 0.6) is 0 Å². The molecule has 0 fully saturated rings. The van der Waals surface area contributed by atoms with E-state index in [9.17, 15) is 9.18 Å². The normalized spacial score (nSPS) is 11.5. The Morgan fingerprint density at radius 1 is 1.20 bits per heavy atom. The van der Waals surface area contributed by atoms with Gasteiger partial charge >= 0.3 is 6.09 Å². The minimum Gasteiger partial charge on any atom is -0.465 e. The molecule has 0 aliphatic heterocycles. The van der Waals surface area contributed by atoms with Crippen molar-refractivity contribution >= 4 is 6.09 Å². The largest absolute Gasteiger partial charge is 0.465 e. The molecule has 0 unspecified atom stereocenters. The average molecular weight is 219 g/mol. The maximum atomic E-state index is 11.8. The third kappa shape index (κ3) is 6.31. The Balaban J connectivity index is 3.84. The molecule has 0 aromatic carbocycles. The summed E-state index contributed by atoms with van der Waals surface area (Å²) in [4.78, 5) is 12.4. The molecular formula is C11H22FNO2. The van der Waals surface area contributed by atoms with E-state index in [0.29, 0.717) is 13.0 Å². The molecule has 0 aliphatic rings. The first-order valence-electron chi connectivity index (χ1n) is 5.46. The molecule has 1 amide bonds. The van der Waals surface area contributed by atoms with E-state index in [0.717, 1.165) is 19.3 Å². The highest BCUT2D eigenvalue weighted by Gasteiger charge is 2.24. The van der Waals surface area contributed by atoms with Crippen molar-refractivity contribution in [3.8, 4) is 0 Å². The fraction of sp³-hybridized carbons (Fsp3) is 0.909. The Kier molecular flexibility index (Phi) is 6.29. The predicted molar refractivity (Wildman–Crippen MR) is 58.9 cm³/mol. The summed E-state index contributed by atoms with van der Waals surface area (Å²) in [6.07, 6.45) is 2.25. The zero-order valence-electron chi connectivity index (χ0n) is 9.92. The number of nitrogens with zero attached hydrogens (tertiary/aromatic N) is 1. The quantitative estimate of drug-likeness (QED) is 0.696. The van der Waals surface area contributed by atoms with E-state index in [1.54, 1.807) is 0 Å². The molecule has 1 N–H and O–H groups in total. The van der Waals surface area contributed by atoms with E-state index in [1.807, 2.05) is 20.8 Å². The number of hydrogen-bond donors (Lipinski definition) is 1. The molecule has 0 aromatic heterocycles. The van der Waals surface area contributed by atoms with E-state index >= 15 is 0 Å². The van der Waals surface area contributed by atoms with Crippen LogP contribution in [0.3, 0.4) is 0 Å². The molecule has 0 spiro atoms. The molecule has 4 heteroatoms. The van der Waals surface area contributed by atoms with Gasteiger partial charge in [0.15, 0.2) is 0 Å². The number of carbonyl (C=O) groups is 1. The molecule has 0 aromatic rings. The second-order valence-corrected chi connectivity index (χ2v) is 4.71. The molecule has 15 heavy (non-hydrogen) atoms. The molecular weight excluding hydrogens is 197 g/mol. The monoisotopic (exact) mass is 219 g/mol. The summed E-state index contributed by atoms with van der Waals surface area (Å²) in [5.41, 5.74) is -0.355. The standard InChI is InChI=1S/C11H22FNO2/c1-11(2,3)13(10(14)15)9-7-5-4-6-8-12/h4-9H2,1-3H3,(H,14,15). The Morgan fingerprint density at radius 3 is 2.13 bits per heavy atom. The number of halogens is 1. The Labute approximate surface area is 91.3 Å². The van der Waals surface area contributed by atoms with E-state index in [1.165, 1.54) is 4.90 Å². The van der Waals surface area contributed by atoms with E-state index < -0.39 is 6.09 Å². The average Bonchev–Trinajstić information content (AvgIpc) is 2.08. The number of unbranched alkanes of at least 4 members (excludes halogenated alkanes) is 3. The second kappa shape index (κ2) is 6.64. The lowest BCUT2D eigenvalue weighted by Crippen LogP contribution is -2.45. The third-order valence-electron chi connectivity index (χ3n) is 2.31. The summed E-state index contributed by atoms with van der Waals surface area (Å²) >= 11 is 0. The van der Waals surface area contributed by atoms with Gasteiger partial charge in [0.05, 0.1) is 6.67 Å². The van der Waals surface area contributed by atoms with Crippen molar-refractivity contribution in [3.63, 3.8) is 0 Å². The summed E-state index contributed by atoms with van der Waals surface area (Å²) in [5.74, 6) is 0. The van der Waals surface area contributed by atoms with E-state index in [2.05, 4.69) is 0 Å². The van der Waals surface area contributed by atoms with Crippen molar-refractivity contribution < 1.29 is 14.3 Å². The fourth-order valence-corrected chi connectivity index (χ4v) is 1.44. The van der Waals surface area contributed by atoms with Crippen LogP contribution in [0.4, 0.5) is 9.18 Å². The molecule has 0 rings (SSSR count). The topological polar surface area (TPSA) is 40.5 Å². The number of hydrogen-bond acceptors (Lipinski definition) is 1. The molecule has 0 bridgehead atoms. The minimum atomic E-state index is -0.881. The lowest BCUT2D eigenvalue weighted by Gasteiger charge is -2.33. The van der Waals surface area contributed by atoms with Gasteiger partial charge in [-0.05, 0) is 33.6 Å². The summed E-state index contributed by atoms with van der Waals surface area (Å²) in [7, 11) is 0. The van der Waals surface area contributed by atoms with Crippen LogP contribution in [-0.2, 0) is 0 Å². The van der Waals surface area contributed by atoms with Crippen molar-refractivity contribution in [3.05, 3.63) is 0 Å². The van der Waals surface area contributed by atoms with Crippen molar-refractivity contribution in [1.82, 2.24) is 4.90 Å². The van der Waals surface area contributed by atoms with Gasteiger partial charge in [-0.2, -0.15) is 0 Å². The van der Waals surface area contributed by atoms with Gasteiger partial charge in [-0.1, -0.05) is 12.8 Å². The Bertz CT molecular complexity index is 190. The number of alkyl halides is 1. The van der Waals surface area contributed by atoms with Crippen molar-refractivity contribution in [1.29, 1.82) is 0 Å². The number of carboxylic acid groups (broad SMARTS) is 1. The van der Waals surface area contributed by atoms with Gasteiger partial charge in [-0.15, -0.1) is 0 Å². The van der Waals surface area contributed by atoms with E-state index in [4.69, 9.17) is 5.11 Å². The molecule has 0 saturated carbocycles. The van der Waals surface area contributed by atoms with Crippen molar-refractivity contribution in [2.75, 3.05) is 13.2 Å². The fourth-order valence-electron chi connectivity index (χ4n) is 1.44. The molecule has 0 heterocycles. The zero-order valence-corrected chi connectivity index (χ0v) is 9.92. The highest BCUT2D eigenvalue weighted by atomic mass is 19.1. The maximum Gasteiger partial charge on any atom is 0.407 e. The molecule has 0 radical (unpaired) electrons. The Hall–Kier alpha value is -0.800. The minimum absolute atomic E-state index is 0.276. The summed E-state index contributed by atoms with van der Waals surface area (Å²) < 4.78 is 11.8. The van der Waals surface area contributed by atoms with Gasteiger partial charge in [0.2, 0.25) is 0 Å². The number of rotatable bonds is 6. The lowest BCUT2D eigenvalue weighted by molar-refractivity contribution is 0.0989. The van der Waals surface area contributed by atoms with Crippen LogP contribution in [-0.4, -0.2) is 34.9 Å². The first kappa shape index (κ1) is 14.2. The molecule has 0 atom stereocenters. The summed E-state index contributed by atoms with van der Waals surface area (Å²) in [5, 5.41) is 8.98. The van der Waals surface area contributed by atoms with Crippen LogP contribution in [0.2, 0.25) is 0 Å². The van der Waals surface area contributed by atoms with Gasteiger partial charge < -0.3 is 10.0 Å². The highest BCUT2D eigenvalue weighted by molar-refractivity contribution is 5.65. The summed E-state index contributed by atoms with van der Waals surface area (Å²) in [6, 6.07) is 0. The van der Waals surface area contributed by atoms with Gasteiger partial charge in [-0.3, -0.25) is 4.39 Å². The van der Waals surface area contributed by atoms with Gasteiger partial charge in [0.1, 0.15) is 0 Å².